The normalized spacial score (nSPS) is 12.2. The van der Waals surface area contributed by atoms with Gasteiger partial charge in [0.15, 0.2) is 5.82 Å². The number of benzene rings is 2. The highest BCUT2D eigenvalue weighted by Gasteiger charge is 2.15. The lowest BCUT2D eigenvalue weighted by atomic mass is 10.2. The molecule has 0 bridgehead atoms. The Hall–Kier alpha value is -3.70. The van der Waals surface area contributed by atoms with Crippen LogP contribution in [-0.4, -0.2) is 44.7 Å². The van der Waals surface area contributed by atoms with Crippen molar-refractivity contribution in [3.8, 4) is 11.5 Å². The summed E-state index contributed by atoms with van der Waals surface area (Å²) in [6.45, 7) is 0.568. The predicted octanol–water partition coefficient (Wildman–Crippen LogP) is 4.27. The first-order chi connectivity index (χ1) is 17.5. The molecule has 1 amide bonds. The molecule has 0 radical (unpaired) electrons. The molecule has 184 valence electrons. The number of aliphatic hydroxyl groups is 1. The number of aliphatic hydroxyl groups excluding tert-OH is 1. The standard InChI is InChI=1S/C25H23ClN6O3S/c26-17-12-15(4-5-21(17)35-20-2-1-3-22-16(20)7-11-36-22)31-25-23-18(29-14-30-25)6-9-32(23)10-8-28-19(13-33)24(27)34/h1-7,9,11-12,14,19,28,33H,8,10,13H2,(H2,27,34)(H,29,30,31)/t19-/m0/s1. The molecule has 0 aliphatic carbocycles. The maximum atomic E-state index is 11.3. The van der Waals surface area contributed by atoms with Crippen LogP contribution in [0.5, 0.6) is 11.5 Å². The van der Waals surface area contributed by atoms with Gasteiger partial charge in [-0.05, 0) is 47.8 Å². The summed E-state index contributed by atoms with van der Waals surface area (Å²) in [5.74, 6) is 1.31. The van der Waals surface area contributed by atoms with Gasteiger partial charge in [0.25, 0.3) is 0 Å². The number of rotatable bonds is 10. The van der Waals surface area contributed by atoms with E-state index >= 15 is 0 Å². The molecule has 0 aliphatic heterocycles. The second-order valence-electron chi connectivity index (χ2n) is 8.02. The van der Waals surface area contributed by atoms with Gasteiger partial charge in [-0.25, -0.2) is 9.97 Å². The van der Waals surface area contributed by atoms with E-state index in [1.165, 1.54) is 6.33 Å². The van der Waals surface area contributed by atoms with E-state index in [4.69, 9.17) is 22.1 Å². The molecule has 5 aromatic rings. The minimum atomic E-state index is -0.796. The largest absolute Gasteiger partial charge is 0.455 e. The summed E-state index contributed by atoms with van der Waals surface area (Å²) >= 11 is 8.23. The number of nitrogens with one attached hydrogen (secondary N) is 2. The number of carbonyl (C=O) groups is 1. The molecule has 0 saturated carbocycles. The molecule has 5 rings (SSSR count). The third-order valence-corrected chi connectivity index (χ3v) is 6.87. The van der Waals surface area contributed by atoms with Gasteiger partial charge in [-0.1, -0.05) is 17.7 Å². The van der Waals surface area contributed by atoms with Gasteiger partial charge in [0.1, 0.15) is 29.4 Å². The van der Waals surface area contributed by atoms with Gasteiger partial charge in [0, 0.05) is 35.1 Å². The second kappa shape index (κ2) is 10.5. The number of fused-ring (bicyclic) bond motifs is 2. The van der Waals surface area contributed by atoms with Crippen molar-refractivity contribution in [1.29, 1.82) is 0 Å². The fourth-order valence-electron chi connectivity index (χ4n) is 3.90. The number of carbonyl (C=O) groups excluding carboxylic acids is 1. The molecule has 0 saturated heterocycles. The number of primary amides is 1. The van der Waals surface area contributed by atoms with Crippen molar-refractivity contribution in [2.45, 2.75) is 12.6 Å². The Bertz CT molecular complexity index is 1540. The number of amides is 1. The van der Waals surface area contributed by atoms with Crippen LogP contribution in [0.15, 0.2) is 66.4 Å². The van der Waals surface area contributed by atoms with Crippen LogP contribution in [0.25, 0.3) is 21.1 Å². The molecule has 36 heavy (non-hydrogen) atoms. The van der Waals surface area contributed by atoms with Gasteiger partial charge in [-0.2, -0.15) is 0 Å². The zero-order valence-electron chi connectivity index (χ0n) is 19.0. The highest BCUT2D eigenvalue weighted by Crippen LogP contribution is 2.37. The minimum absolute atomic E-state index is 0.361. The fourth-order valence-corrected chi connectivity index (χ4v) is 4.92. The Labute approximate surface area is 215 Å². The number of thiophene rings is 1. The summed E-state index contributed by atoms with van der Waals surface area (Å²) in [6.07, 6.45) is 3.38. The Morgan fingerprint density at radius 3 is 2.89 bits per heavy atom. The number of aromatic nitrogens is 3. The third-order valence-electron chi connectivity index (χ3n) is 5.69. The average Bonchev–Trinajstić information content (AvgIpc) is 3.52. The molecule has 5 N–H and O–H groups in total. The number of anilines is 2. The first-order valence-electron chi connectivity index (χ1n) is 11.2. The van der Waals surface area contributed by atoms with E-state index < -0.39 is 11.9 Å². The van der Waals surface area contributed by atoms with Gasteiger partial charge in [0.05, 0.1) is 17.1 Å². The third kappa shape index (κ3) is 4.98. The lowest BCUT2D eigenvalue weighted by Gasteiger charge is -2.15. The lowest BCUT2D eigenvalue weighted by Crippen LogP contribution is -2.45. The molecular weight excluding hydrogens is 500 g/mol. The van der Waals surface area contributed by atoms with Crippen molar-refractivity contribution >= 4 is 61.5 Å². The summed E-state index contributed by atoms with van der Waals surface area (Å²) < 4.78 is 9.22. The molecule has 11 heteroatoms. The van der Waals surface area contributed by atoms with Crippen molar-refractivity contribution in [3.63, 3.8) is 0 Å². The summed E-state index contributed by atoms with van der Waals surface area (Å²) in [4.78, 5) is 20.1. The topological polar surface area (TPSA) is 127 Å². The number of nitrogens with two attached hydrogens (primary N) is 1. The molecule has 0 aliphatic rings. The van der Waals surface area contributed by atoms with E-state index in [2.05, 4.69) is 26.7 Å². The Morgan fingerprint density at radius 1 is 1.19 bits per heavy atom. The highest BCUT2D eigenvalue weighted by molar-refractivity contribution is 7.17. The van der Waals surface area contributed by atoms with Gasteiger partial charge < -0.3 is 30.8 Å². The average molecular weight is 523 g/mol. The van der Waals surface area contributed by atoms with E-state index in [-0.39, 0.29) is 6.61 Å². The van der Waals surface area contributed by atoms with Crippen LogP contribution in [0, 0.1) is 0 Å². The summed E-state index contributed by atoms with van der Waals surface area (Å²) in [6, 6.07) is 14.5. The zero-order valence-corrected chi connectivity index (χ0v) is 20.6. The van der Waals surface area contributed by atoms with E-state index in [0.717, 1.165) is 32.6 Å². The van der Waals surface area contributed by atoms with E-state index in [9.17, 15) is 9.90 Å². The van der Waals surface area contributed by atoms with Gasteiger partial charge in [0.2, 0.25) is 5.91 Å². The van der Waals surface area contributed by atoms with Crippen molar-refractivity contribution < 1.29 is 14.6 Å². The number of nitrogens with zero attached hydrogens (tertiary/aromatic N) is 3. The van der Waals surface area contributed by atoms with E-state index in [0.29, 0.717) is 29.7 Å². The van der Waals surface area contributed by atoms with Crippen molar-refractivity contribution in [1.82, 2.24) is 19.9 Å². The molecule has 3 heterocycles. The van der Waals surface area contributed by atoms with Gasteiger partial charge in [-0.15, -0.1) is 11.3 Å². The summed E-state index contributed by atoms with van der Waals surface area (Å²) in [5.41, 5.74) is 7.56. The Kier molecular flexibility index (Phi) is 7.01. The fraction of sp³-hybridized carbons (Fsp3) is 0.160. The van der Waals surface area contributed by atoms with Crippen LogP contribution in [0.1, 0.15) is 0 Å². The number of ether oxygens (including phenoxy) is 1. The Balaban J connectivity index is 1.34. The number of hydrogen-bond donors (Lipinski definition) is 4. The van der Waals surface area contributed by atoms with Gasteiger partial charge in [-0.3, -0.25) is 4.79 Å². The Morgan fingerprint density at radius 2 is 2.08 bits per heavy atom. The van der Waals surface area contributed by atoms with Crippen LogP contribution < -0.4 is 21.1 Å². The van der Waals surface area contributed by atoms with Crippen LogP contribution in [0.3, 0.4) is 0 Å². The lowest BCUT2D eigenvalue weighted by molar-refractivity contribution is -0.120. The number of hydrogen-bond acceptors (Lipinski definition) is 8. The quantitative estimate of drug-likeness (QED) is 0.216. The van der Waals surface area contributed by atoms with Crippen molar-refractivity contribution in [3.05, 3.63) is 71.5 Å². The molecule has 0 spiro atoms. The van der Waals surface area contributed by atoms with Gasteiger partial charge >= 0.3 is 0 Å². The predicted molar refractivity (Wildman–Crippen MR) is 142 cm³/mol. The second-order valence-corrected chi connectivity index (χ2v) is 9.37. The first kappa shape index (κ1) is 24.0. The molecule has 2 aromatic carbocycles. The number of halogens is 1. The summed E-state index contributed by atoms with van der Waals surface area (Å²) in [7, 11) is 0. The van der Waals surface area contributed by atoms with Crippen molar-refractivity contribution in [2.24, 2.45) is 5.73 Å². The molecular formula is C25H23ClN6O3S. The maximum absolute atomic E-state index is 11.3. The molecule has 0 unspecified atom stereocenters. The SMILES string of the molecule is NC(=O)[C@H](CO)NCCn1ccc2ncnc(Nc3ccc(Oc4cccc5sccc45)c(Cl)c3)c21. The van der Waals surface area contributed by atoms with E-state index in [1.54, 1.807) is 17.4 Å². The van der Waals surface area contributed by atoms with Crippen LogP contribution >= 0.6 is 22.9 Å². The monoisotopic (exact) mass is 522 g/mol. The zero-order chi connectivity index (χ0) is 25.1. The molecule has 9 nitrogen and oxygen atoms in total. The first-order valence-corrected chi connectivity index (χ1v) is 12.4. The summed E-state index contributed by atoms with van der Waals surface area (Å²) in [5, 5.41) is 19.1. The van der Waals surface area contributed by atoms with Crippen LogP contribution in [-0.2, 0) is 11.3 Å². The smallest absolute Gasteiger partial charge is 0.236 e. The molecule has 3 aromatic heterocycles. The van der Waals surface area contributed by atoms with Crippen LogP contribution in [0.2, 0.25) is 5.02 Å². The van der Waals surface area contributed by atoms with Crippen molar-refractivity contribution in [2.75, 3.05) is 18.5 Å². The molecule has 0 fully saturated rings. The highest BCUT2D eigenvalue weighted by atomic mass is 35.5. The van der Waals surface area contributed by atoms with Crippen LogP contribution in [0.4, 0.5) is 11.5 Å². The van der Waals surface area contributed by atoms with E-state index in [1.807, 2.05) is 52.5 Å². The minimum Gasteiger partial charge on any atom is -0.455 e. The maximum Gasteiger partial charge on any atom is 0.236 e. The molecule has 1 atom stereocenters.